The summed E-state index contributed by atoms with van der Waals surface area (Å²) < 4.78 is 35.7. The lowest BCUT2D eigenvalue weighted by Gasteiger charge is -2.11. The van der Waals surface area contributed by atoms with Gasteiger partial charge in [-0.25, -0.2) is 13.6 Å². The largest absolute Gasteiger partial charge is 0.496 e. The summed E-state index contributed by atoms with van der Waals surface area (Å²) in [6, 6.07) is 6.43. The number of ether oxygens (including phenoxy) is 2. The van der Waals surface area contributed by atoms with Gasteiger partial charge < -0.3 is 9.47 Å². The Morgan fingerprint density at radius 2 is 1.70 bits per heavy atom. The molecule has 0 bridgehead atoms. The second-order valence-corrected chi connectivity index (χ2v) is 5.52. The molecule has 0 saturated heterocycles. The van der Waals surface area contributed by atoms with Crippen LogP contribution in [-0.2, 0) is 9.53 Å². The van der Waals surface area contributed by atoms with E-state index in [-0.39, 0.29) is 16.3 Å². The second kappa shape index (κ2) is 8.95. The fourth-order valence-electron chi connectivity index (χ4n) is 1.97. The molecule has 2 amide bonds. The van der Waals surface area contributed by atoms with E-state index in [9.17, 15) is 23.2 Å². The lowest BCUT2D eigenvalue weighted by Crippen LogP contribution is -2.43. The summed E-state index contributed by atoms with van der Waals surface area (Å²) in [6.45, 7) is -0.788. The quantitative estimate of drug-likeness (QED) is 0.595. The number of hydrogen-bond donors (Lipinski definition) is 2. The first-order valence-corrected chi connectivity index (χ1v) is 7.74. The monoisotopic (exact) mass is 398 g/mol. The maximum Gasteiger partial charge on any atom is 0.338 e. The third-order valence-corrected chi connectivity index (χ3v) is 3.39. The third kappa shape index (κ3) is 5.65. The van der Waals surface area contributed by atoms with E-state index in [2.05, 4.69) is 10.2 Å². The van der Waals surface area contributed by atoms with Gasteiger partial charge in [-0.05, 0) is 30.3 Å². The molecule has 0 aliphatic heterocycles. The average molecular weight is 399 g/mol. The number of halogens is 3. The molecule has 142 valence electrons. The van der Waals surface area contributed by atoms with Gasteiger partial charge in [0.2, 0.25) is 0 Å². The minimum Gasteiger partial charge on any atom is -0.496 e. The number of rotatable bonds is 5. The van der Waals surface area contributed by atoms with E-state index >= 15 is 0 Å². The van der Waals surface area contributed by atoms with Crippen LogP contribution in [0.5, 0.6) is 5.75 Å². The maximum absolute atomic E-state index is 13.1. The lowest BCUT2D eigenvalue weighted by atomic mass is 10.2. The lowest BCUT2D eigenvalue weighted by molar-refractivity contribution is -0.125. The van der Waals surface area contributed by atoms with Crippen LogP contribution in [-0.4, -0.2) is 31.5 Å². The van der Waals surface area contributed by atoms with Crippen LogP contribution < -0.4 is 15.6 Å². The van der Waals surface area contributed by atoms with Gasteiger partial charge in [-0.2, -0.15) is 0 Å². The zero-order valence-corrected chi connectivity index (χ0v) is 14.6. The highest BCUT2D eigenvalue weighted by Crippen LogP contribution is 2.22. The number of methoxy groups -OCH3 is 1. The third-order valence-electron chi connectivity index (χ3n) is 3.15. The van der Waals surface area contributed by atoms with Gasteiger partial charge in [-0.1, -0.05) is 11.6 Å². The minimum atomic E-state index is -1.11. The molecule has 0 spiro atoms. The van der Waals surface area contributed by atoms with E-state index in [1.807, 2.05) is 5.43 Å². The van der Waals surface area contributed by atoms with E-state index in [1.54, 1.807) is 0 Å². The molecular formula is C17H13ClF2N2O5. The second-order valence-electron chi connectivity index (χ2n) is 5.08. The molecule has 2 N–H and O–H groups in total. The highest BCUT2D eigenvalue weighted by Gasteiger charge is 2.16. The molecule has 2 rings (SSSR count). The number of nitrogens with one attached hydrogen (secondary N) is 2. The van der Waals surface area contributed by atoms with Crippen LogP contribution in [0.1, 0.15) is 20.7 Å². The van der Waals surface area contributed by atoms with Crippen LogP contribution in [0.4, 0.5) is 8.78 Å². The molecule has 0 aromatic heterocycles. The molecule has 2 aromatic rings. The number of hydrazine groups is 1. The van der Waals surface area contributed by atoms with Crippen LogP contribution in [0, 0.1) is 11.6 Å². The van der Waals surface area contributed by atoms with E-state index in [0.29, 0.717) is 6.07 Å². The molecule has 0 fully saturated rings. The number of carbonyl (C=O) groups is 3. The van der Waals surface area contributed by atoms with Gasteiger partial charge in [0.1, 0.15) is 17.4 Å². The van der Waals surface area contributed by atoms with Crippen molar-refractivity contribution in [3.63, 3.8) is 0 Å². The van der Waals surface area contributed by atoms with Crippen LogP contribution in [0.3, 0.4) is 0 Å². The van der Waals surface area contributed by atoms with E-state index in [4.69, 9.17) is 16.3 Å². The number of amides is 2. The standard InChI is InChI=1S/C17H13ClF2N2O5/c1-26-14-3-2-10(18)6-13(14)16(24)22-21-15(23)8-27-17(25)9-4-11(19)7-12(20)5-9/h2-7H,8H2,1H3,(H,21,23)(H,22,24). The molecule has 0 unspecified atom stereocenters. The average Bonchev–Trinajstić information content (AvgIpc) is 2.63. The fraction of sp³-hybridized carbons (Fsp3) is 0.118. The Morgan fingerprint density at radius 3 is 2.33 bits per heavy atom. The Labute approximate surface area is 157 Å². The van der Waals surface area contributed by atoms with Crippen LogP contribution in [0.25, 0.3) is 0 Å². The first-order valence-electron chi connectivity index (χ1n) is 7.36. The van der Waals surface area contributed by atoms with Gasteiger partial charge in [0.15, 0.2) is 6.61 Å². The maximum atomic E-state index is 13.1. The fourth-order valence-corrected chi connectivity index (χ4v) is 2.15. The highest BCUT2D eigenvalue weighted by atomic mass is 35.5. The first-order chi connectivity index (χ1) is 12.8. The predicted octanol–water partition coefficient (Wildman–Crippen LogP) is 2.24. The van der Waals surface area contributed by atoms with Crippen LogP contribution >= 0.6 is 11.6 Å². The number of esters is 1. The van der Waals surface area contributed by atoms with E-state index in [0.717, 1.165) is 12.1 Å². The van der Waals surface area contributed by atoms with Crippen molar-refractivity contribution in [2.24, 2.45) is 0 Å². The minimum absolute atomic E-state index is 0.0672. The highest BCUT2D eigenvalue weighted by molar-refractivity contribution is 6.31. The first kappa shape index (κ1) is 20.1. The Bertz CT molecular complexity index is 871. The van der Waals surface area contributed by atoms with Crippen molar-refractivity contribution in [2.45, 2.75) is 0 Å². The molecule has 0 heterocycles. The van der Waals surface area contributed by atoms with Crippen LogP contribution in [0.15, 0.2) is 36.4 Å². The molecule has 0 aliphatic carbocycles. The summed E-state index contributed by atoms with van der Waals surface area (Å²) in [6.07, 6.45) is 0. The molecule has 2 aromatic carbocycles. The van der Waals surface area contributed by atoms with Gasteiger partial charge in [-0.3, -0.25) is 20.4 Å². The van der Waals surface area contributed by atoms with Crippen molar-refractivity contribution >= 4 is 29.4 Å². The van der Waals surface area contributed by atoms with Crippen molar-refractivity contribution in [2.75, 3.05) is 13.7 Å². The Balaban J connectivity index is 1.88. The zero-order chi connectivity index (χ0) is 20.0. The Kier molecular flexibility index (Phi) is 6.67. The molecule has 0 radical (unpaired) electrons. The van der Waals surface area contributed by atoms with Gasteiger partial charge in [0.25, 0.3) is 11.8 Å². The van der Waals surface area contributed by atoms with Crippen molar-refractivity contribution < 1.29 is 32.6 Å². The zero-order valence-electron chi connectivity index (χ0n) is 13.8. The predicted molar refractivity (Wildman–Crippen MR) is 90.3 cm³/mol. The molecule has 7 nitrogen and oxygen atoms in total. The number of benzene rings is 2. The van der Waals surface area contributed by atoms with Crippen molar-refractivity contribution in [1.82, 2.24) is 10.9 Å². The van der Waals surface area contributed by atoms with Crippen molar-refractivity contribution in [3.05, 3.63) is 64.2 Å². The number of carbonyl (C=O) groups excluding carboxylic acids is 3. The Hall–Kier alpha value is -3.20. The molecular weight excluding hydrogens is 386 g/mol. The van der Waals surface area contributed by atoms with Crippen LogP contribution in [0.2, 0.25) is 5.02 Å². The molecule has 0 atom stereocenters. The molecule has 0 aliphatic rings. The van der Waals surface area contributed by atoms with Gasteiger partial charge in [0.05, 0.1) is 18.2 Å². The molecule has 0 saturated carbocycles. The summed E-state index contributed by atoms with van der Waals surface area (Å²) >= 11 is 5.81. The topological polar surface area (TPSA) is 93.7 Å². The summed E-state index contributed by atoms with van der Waals surface area (Å²) in [7, 11) is 1.35. The number of hydrogen-bond acceptors (Lipinski definition) is 5. The van der Waals surface area contributed by atoms with Gasteiger partial charge >= 0.3 is 5.97 Å². The van der Waals surface area contributed by atoms with Crippen molar-refractivity contribution in [3.8, 4) is 5.75 Å². The normalized spacial score (nSPS) is 10.1. The smallest absolute Gasteiger partial charge is 0.338 e. The summed E-state index contributed by atoms with van der Waals surface area (Å²) in [5.74, 6) is -4.41. The van der Waals surface area contributed by atoms with E-state index in [1.165, 1.54) is 25.3 Å². The molecule has 10 heteroatoms. The summed E-state index contributed by atoms with van der Waals surface area (Å²) in [4.78, 5) is 35.4. The van der Waals surface area contributed by atoms with Gasteiger partial charge in [0, 0.05) is 11.1 Å². The summed E-state index contributed by atoms with van der Waals surface area (Å²) in [5, 5.41) is 0.281. The summed E-state index contributed by atoms with van der Waals surface area (Å²) in [5.41, 5.74) is 3.78. The Morgan fingerprint density at radius 1 is 1.04 bits per heavy atom. The SMILES string of the molecule is COc1ccc(Cl)cc1C(=O)NNC(=O)COC(=O)c1cc(F)cc(F)c1. The van der Waals surface area contributed by atoms with E-state index < -0.39 is 41.6 Å². The molecule has 27 heavy (non-hydrogen) atoms. The van der Waals surface area contributed by atoms with Gasteiger partial charge in [-0.15, -0.1) is 0 Å². The van der Waals surface area contributed by atoms with Crippen molar-refractivity contribution in [1.29, 1.82) is 0 Å².